The molecule has 6 heteroatoms. The Hall–Kier alpha value is -3.25. The summed E-state index contributed by atoms with van der Waals surface area (Å²) in [6.07, 6.45) is 3.47. The molecule has 1 amide bonds. The Labute approximate surface area is 212 Å². The molecule has 188 valence electrons. The minimum absolute atomic E-state index is 0.0842. The highest BCUT2D eigenvalue weighted by Gasteiger charge is 2.52. The van der Waals surface area contributed by atoms with Gasteiger partial charge in [0.1, 0.15) is 17.2 Å². The van der Waals surface area contributed by atoms with Gasteiger partial charge in [0.15, 0.2) is 0 Å². The summed E-state index contributed by atoms with van der Waals surface area (Å²) in [6, 6.07) is 23.5. The maximum Gasteiger partial charge on any atom is 0.249 e. The lowest BCUT2D eigenvalue weighted by Crippen LogP contribution is -2.56. The van der Waals surface area contributed by atoms with E-state index in [2.05, 4.69) is 21.9 Å². The summed E-state index contributed by atoms with van der Waals surface area (Å²) >= 11 is 0. The number of carbonyl (C=O) groups excluding carboxylic acids is 1. The number of hydrogen-bond donors (Lipinski definition) is 0. The summed E-state index contributed by atoms with van der Waals surface area (Å²) in [5.41, 5.74) is 2.72. The predicted molar refractivity (Wildman–Crippen MR) is 139 cm³/mol. The first-order chi connectivity index (χ1) is 17.5. The normalized spacial score (nSPS) is 17.9. The summed E-state index contributed by atoms with van der Waals surface area (Å²) in [5, 5.41) is 0. The second-order valence-corrected chi connectivity index (χ2v) is 10.1. The van der Waals surface area contributed by atoms with Crippen molar-refractivity contribution < 1.29 is 13.6 Å². The zero-order valence-corrected chi connectivity index (χ0v) is 20.7. The molecule has 0 radical (unpaired) electrons. The molecule has 36 heavy (non-hydrogen) atoms. The van der Waals surface area contributed by atoms with Crippen LogP contribution in [0.3, 0.4) is 0 Å². The summed E-state index contributed by atoms with van der Waals surface area (Å²) in [4.78, 5) is 19.8. The van der Waals surface area contributed by atoms with Gasteiger partial charge in [0, 0.05) is 31.7 Å². The van der Waals surface area contributed by atoms with Gasteiger partial charge in [0.2, 0.25) is 5.91 Å². The molecule has 0 N–H and O–H groups in total. The molecule has 1 spiro atoms. The molecule has 0 saturated carbocycles. The van der Waals surface area contributed by atoms with E-state index >= 15 is 0 Å². The second-order valence-electron chi connectivity index (χ2n) is 10.1. The van der Waals surface area contributed by atoms with Crippen LogP contribution in [0.5, 0.6) is 0 Å². The zero-order valence-electron chi connectivity index (χ0n) is 20.7. The van der Waals surface area contributed by atoms with E-state index in [0.717, 1.165) is 62.1 Å². The highest BCUT2D eigenvalue weighted by molar-refractivity contribution is 5.93. The molecule has 4 nitrogen and oxygen atoms in total. The minimum Gasteiger partial charge on any atom is -0.339 e. The largest absolute Gasteiger partial charge is 0.339 e. The molecule has 0 unspecified atom stereocenters. The van der Waals surface area contributed by atoms with Gasteiger partial charge < -0.3 is 14.7 Å². The molecule has 2 saturated heterocycles. The van der Waals surface area contributed by atoms with Gasteiger partial charge in [0.25, 0.3) is 0 Å². The molecule has 2 heterocycles. The summed E-state index contributed by atoms with van der Waals surface area (Å²) in [5.74, 6) is -0.203. The molecular formula is C30H33F2N3O. The molecule has 0 bridgehead atoms. The zero-order chi connectivity index (χ0) is 25.1. The van der Waals surface area contributed by atoms with Crippen LogP contribution in [0, 0.1) is 11.6 Å². The third-order valence-corrected chi connectivity index (χ3v) is 7.88. The number of para-hydroxylation sites is 1. The van der Waals surface area contributed by atoms with Crippen LogP contribution in [0.25, 0.3) is 0 Å². The quantitative estimate of drug-likeness (QED) is 0.429. The molecule has 5 rings (SSSR count). The number of likely N-dealkylation sites (N-methyl/N-ethyl adjacent to an activating group) is 1. The van der Waals surface area contributed by atoms with Crippen LogP contribution in [0.1, 0.15) is 42.7 Å². The van der Waals surface area contributed by atoms with Crippen LogP contribution < -0.4 is 4.90 Å². The maximum atomic E-state index is 13.5. The monoisotopic (exact) mass is 489 g/mol. The van der Waals surface area contributed by atoms with Crippen molar-refractivity contribution in [2.75, 3.05) is 38.3 Å². The van der Waals surface area contributed by atoms with Crippen LogP contribution >= 0.6 is 0 Å². The average Bonchev–Trinajstić information content (AvgIpc) is 3.14. The van der Waals surface area contributed by atoms with Crippen LogP contribution in [0.4, 0.5) is 14.5 Å². The van der Waals surface area contributed by atoms with Crippen LogP contribution in [0.2, 0.25) is 0 Å². The molecule has 3 aromatic rings. The summed E-state index contributed by atoms with van der Waals surface area (Å²) in [6.45, 7) is 3.31. The molecule has 2 aliphatic rings. The summed E-state index contributed by atoms with van der Waals surface area (Å²) in [7, 11) is 1.89. The van der Waals surface area contributed by atoms with Gasteiger partial charge in [0.05, 0.1) is 6.67 Å². The van der Waals surface area contributed by atoms with Gasteiger partial charge in [-0.25, -0.2) is 8.78 Å². The summed E-state index contributed by atoms with van der Waals surface area (Å²) < 4.78 is 27.1. The van der Waals surface area contributed by atoms with Crippen LogP contribution in [0.15, 0.2) is 78.9 Å². The first-order valence-electron chi connectivity index (χ1n) is 12.8. The van der Waals surface area contributed by atoms with Gasteiger partial charge >= 0.3 is 0 Å². The third-order valence-electron chi connectivity index (χ3n) is 7.88. The number of benzene rings is 3. The molecule has 2 aliphatic heterocycles. The smallest absolute Gasteiger partial charge is 0.249 e. The fraction of sp³-hybridized carbons (Fsp3) is 0.367. The second kappa shape index (κ2) is 10.4. The van der Waals surface area contributed by atoms with Crippen LogP contribution in [-0.2, 0) is 4.79 Å². The number of hydrogen-bond acceptors (Lipinski definition) is 3. The van der Waals surface area contributed by atoms with Gasteiger partial charge in [-0.3, -0.25) is 4.79 Å². The van der Waals surface area contributed by atoms with Crippen molar-refractivity contribution in [1.82, 2.24) is 9.80 Å². The Bertz CT molecular complexity index is 1110. The van der Waals surface area contributed by atoms with Crippen molar-refractivity contribution in [2.45, 2.75) is 37.1 Å². The van der Waals surface area contributed by atoms with Crippen LogP contribution in [-0.4, -0.2) is 54.6 Å². The molecule has 0 aromatic heterocycles. The van der Waals surface area contributed by atoms with Gasteiger partial charge in [-0.2, -0.15) is 0 Å². The van der Waals surface area contributed by atoms with E-state index in [0.29, 0.717) is 6.67 Å². The van der Waals surface area contributed by atoms with Gasteiger partial charge in [-0.15, -0.1) is 0 Å². The van der Waals surface area contributed by atoms with E-state index in [1.54, 1.807) is 0 Å². The van der Waals surface area contributed by atoms with E-state index in [1.807, 2.05) is 54.4 Å². The minimum atomic E-state index is -0.461. The highest BCUT2D eigenvalue weighted by Crippen LogP contribution is 2.39. The van der Waals surface area contributed by atoms with Gasteiger partial charge in [-0.05, 0) is 79.8 Å². The predicted octanol–water partition coefficient (Wildman–Crippen LogP) is 5.65. The van der Waals surface area contributed by atoms with Crippen molar-refractivity contribution in [2.24, 2.45) is 0 Å². The topological polar surface area (TPSA) is 26.8 Å². The number of rotatable bonds is 7. The molecule has 2 fully saturated rings. The molecule has 0 aliphatic carbocycles. The highest BCUT2D eigenvalue weighted by atomic mass is 19.1. The van der Waals surface area contributed by atoms with Gasteiger partial charge in [-0.1, -0.05) is 42.5 Å². The molecular weight excluding hydrogens is 456 g/mol. The number of piperidine rings is 1. The number of amides is 1. The number of likely N-dealkylation sites (tertiary alicyclic amines) is 1. The lowest BCUT2D eigenvalue weighted by molar-refractivity contribution is -0.132. The van der Waals surface area contributed by atoms with E-state index in [4.69, 9.17) is 0 Å². The standard InChI is InChI=1S/C30H33F2N3O/c1-33-22-35(27-6-3-2-4-7-27)30(29(33)36)17-20-34(21-18-30)19-5-8-28(23-9-13-25(31)14-10-23)24-11-15-26(32)16-12-24/h2-4,6-7,9-16,28H,5,8,17-22H2,1H3. The van der Waals surface area contributed by atoms with Crippen molar-refractivity contribution in [3.05, 3.63) is 102 Å². The van der Waals surface area contributed by atoms with E-state index in [9.17, 15) is 13.6 Å². The molecule has 3 aromatic carbocycles. The first kappa shape index (κ1) is 24.4. The molecule has 0 atom stereocenters. The van der Waals surface area contributed by atoms with E-state index < -0.39 is 5.54 Å². The Balaban J connectivity index is 1.23. The number of halogens is 2. The maximum absolute atomic E-state index is 13.5. The lowest BCUT2D eigenvalue weighted by atomic mass is 9.85. The number of carbonyl (C=O) groups is 1. The Morgan fingerprint density at radius 2 is 1.39 bits per heavy atom. The fourth-order valence-electron chi connectivity index (χ4n) is 5.88. The van der Waals surface area contributed by atoms with Crippen molar-refractivity contribution in [1.29, 1.82) is 0 Å². The van der Waals surface area contributed by atoms with Crippen molar-refractivity contribution >= 4 is 11.6 Å². The Kier molecular flexibility index (Phi) is 7.06. The fourth-order valence-corrected chi connectivity index (χ4v) is 5.88. The number of anilines is 1. The van der Waals surface area contributed by atoms with Crippen molar-refractivity contribution in [3.63, 3.8) is 0 Å². The Morgan fingerprint density at radius 1 is 0.833 bits per heavy atom. The lowest BCUT2D eigenvalue weighted by Gasteiger charge is -2.43. The Morgan fingerprint density at radius 3 is 1.94 bits per heavy atom. The first-order valence-corrected chi connectivity index (χ1v) is 12.8. The number of nitrogens with zero attached hydrogens (tertiary/aromatic N) is 3. The van der Waals surface area contributed by atoms with Crippen molar-refractivity contribution in [3.8, 4) is 0 Å². The third kappa shape index (κ3) is 4.87. The average molecular weight is 490 g/mol. The SMILES string of the molecule is CN1CN(c2ccccc2)C2(CCN(CCCC(c3ccc(F)cc3)c3ccc(F)cc3)CC2)C1=O. The van der Waals surface area contributed by atoms with E-state index in [1.165, 1.54) is 24.3 Å². The van der Waals surface area contributed by atoms with E-state index in [-0.39, 0.29) is 23.5 Å².